The Hall–Kier alpha value is -2.70. The summed E-state index contributed by atoms with van der Waals surface area (Å²) < 4.78 is 1.72. The molecule has 2 heterocycles. The van der Waals surface area contributed by atoms with Crippen LogP contribution in [0.1, 0.15) is 29.6 Å². The minimum Gasteiger partial charge on any atom is -0.354 e. The van der Waals surface area contributed by atoms with Crippen LogP contribution in [0, 0.1) is 0 Å². The molecule has 3 rings (SSSR count). The van der Waals surface area contributed by atoms with Gasteiger partial charge in [0.25, 0.3) is 5.91 Å². The molecule has 0 radical (unpaired) electrons. The van der Waals surface area contributed by atoms with E-state index in [4.69, 9.17) is 0 Å². The van der Waals surface area contributed by atoms with Crippen molar-refractivity contribution in [2.24, 2.45) is 0 Å². The molecule has 0 saturated carbocycles. The zero-order valence-corrected chi connectivity index (χ0v) is 12.0. The van der Waals surface area contributed by atoms with Crippen molar-refractivity contribution < 1.29 is 9.59 Å². The molecule has 114 valence electrons. The van der Waals surface area contributed by atoms with Crippen molar-refractivity contribution in [2.45, 2.75) is 25.3 Å². The molecule has 0 bridgehead atoms. The fraction of sp³-hybridized carbons (Fsp3) is 0.333. The first kappa shape index (κ1) is 14.2. The van der Waals surface area contributed by atoms with Gasteiger partial charge in [-0.3, -0.25) is 14.2 Å². The van der Waals surface area contributed by atoms with E-state index < -0.39 is 6.04 Å². The van der Waals surface area contributed by atoms with Crippen LogP contribution in [-0.2, 0) is 4.79 Å². The lowest BCUT2D eigenvalue weighted by molar-refractivity contribution is -0.122. The molecule has 2 aromatic rings. The number of nitrogens with one attached hydrogen (secondary N) is 2. The third kappa shape index (κ3) is 3.13. The summed E-state index contributed by atoms with van der Waals surface area (Å²) in [5, 5.41) is 13.1. The maximum atomic E-state index is 12.4. The van der Waals surface area contributed by atoms with Crippen molar-refractivity contribution >= 4 is 11.8 Å². The third-order valence-electron chi connectivity index (χ3n) is 3.67. The zero-order valence-electron chi connectivity index (χ0n) is 12.0. The molecule has 1 aromatic carbocycles. The SMILES string of the molecule is O=C(N[C@@H]1CCCCNC1=O)c1cccc(-n2cnnc2)c1. The molecule has 1 aliphatic rings. The summed E-state index contributed by atoms with van der Waals surface area (Å²) in [4.78, 5) is 24.2. The van der Waals surface area contributed by atoms with E-state index in [2.05, 4.69) is 20.8 Å². The Morgan fingerprint density at radius 2 is 2.09 bits per heavy atom. The lowest BCUT2D eigenvalue weighted by atomic mass is 10.1. The number of benzene rings is 1. The van der Waals surface area contributed by atoms with Crippen LogP contribution in [-0.4, -0.2) is 39.2 Å². The second-order valence-corrected chi connectivity index (χ2v) is 5.23. The number of carbonyl (C=O) groups excluding carboxylic acids is 2. The van der Waals surface area contributed by atoms with Gasteiger partial charge in [0.15, 0.2) is 0 Å². The fourth-order valence-electron chi connectivity index (χ4n) is 2.46. The summed E-state index contributed by atoms with van der Waals surface area (Å²) in [6.45, 7) is 0.675. The number of aromatic nitrogens is 3. The molecule has 2 amide bonds. The normalized spacial score (nSPS) is 18.4. The molecule has 22 heavy (non-hydrogen) atoms. The third-order valence-corrected chi connectivity index (χ3v) is 3.67. The van der Waals surface area contributed by atoms with E-state index in [1.54, 1.807) is 35.4 Å². The number of carbonyl (C=O) groups is 2. The van der Waals surface area contributed by atoms with E-state index in [9.17, 15) is 9.59 Å². The molecule has 0 aliphatic carbocycles. The Labute approximate surface area is 127 Å². The summed E-state index contributed by atoms with van der Waals surface area (Å²) in [5.74, 6) is -0.363. The first-order valence-corrected chi connectivity index (χ1v) is 7.28. The van der Waals surface area contributed by atoms with Gasteiger partial charge in [0.1, 0.15) is 18.7 Å². The molecule has 7 heteroatoms. The van der Waals surface area contributed by atoms with Crippen LogP contribution in [0.15, 0.2) is 36.9 Å². The molecule has 7 nitrogen and oxygen atoms in total. The molecule has 2 N–H and O–H groups in total. The van der Waals surface area contributed by atoms with Gasteiger partial charge in [-0.05, 0) is 37.5 Å². The number of amides is 2. The second-order valence-electron chi connectivity index (χ2n) is 5.23. The smallest absolute Gasteiger partial charge is 0.252 e. The minimum absolute atomic E-state index is 0.110. The van der Waals surface area contributed by atoms with Crippen LogP contribution in [0.3, 0.4) is 0 Å². The van der Waals surface area contributed by atoms with Gasteiger partial charge in [0.05, 0.1) is 0 Å². The van der Waals surface area contributed by atoms with Crippen LogP contribution < -0.4 is 10.6 Å². The van der Waals surface area contributed by atoms with E-state index in [0.717, 1.165) is 18.5 Å². The highest BCUT2D eigenvalue weighted by Crippen LogP contribution is 2.11. The number of hydrogen-bond acceptors (Lipinski definition) is 4. The maximum absolute atomic E-state index is 12.4. The van der Waals surface area contributed by atoms with E-state index in [-0.39, 0.29) is 11.8 Å². The van der Waals surface area contributed by atoms with Crippen molar-refractivity contribution in [3.05, 3.63) is 42.5 Å². The quantitative estimate of drug-likeness (QED) is 0.871. The first-order chi connectivity index (χ1) is 10.7. The van der Waals surface area contributed by atoms with Gasteiger partial charge in [-0.1, -0.05) is 6.07 Å². The fourth-order valence-corrected chi connectivity index (χ4v) is 2.46. The zero-order chi connectivity index (χ0) is 15.4. The van der Waals surface area contributed by atoms with Crippen LogP contribution in [0.5, 0.6) is 0 Å². The van der Waals surface area contributed by atoms with E-state index in [0.29, 0.717) is 18.5 Å². The monoisotopic (exact) mass is 299 g/mol. The van der Waals surface area contributed by atoms with Crippen molar-refractivity contribution in [2.75, 3.05) is 6.54 Å². The lowest BCUT2D eigenvalue weighted by Gasteiger charge is -2.15. The predicted octanol–water partition coefficient (Wildman–Crippen LogP) is 0.666. The molecule has 0 unspecified atom stereocenters. The molecule has 1 atom stereocenters. The summed E-state index contributed by atoms with van der Waals surface area (Å²) in [5.41, 5.74) is 1.30. The number of hydrogen-bond donors (Lipinski definition) is 2. The standard InChI is InChI=1S/C15H17N5O2/c21-14(19-13-6-1-2-7-16-15(13)22)11-4-3-5-12(8-11)20-9-17-18-10-20/h3-5,8-10,13H,1-2,6-7H2,(H,16,22)(H,19,21)/t13-/m1/s1. The molecular weight excluding hydrogens is 282 g/mol. The molecule has 1 aromatic heterocycles. The van der Waals surface area contributed by atoms with E-state index >= 15 is 0 Å². The van der Waals surface area contributed by atoms with Crippen LogP contribution in [0.4, 0.5) is 0 Å². The van der Waals surface area contributed by atoms with Gasteiger partial charge in [0, 0.05) is 17.8 Å². The number of rotatable bonds is 3. The van der Waals surface area contributed by atoms with Crippen LogP contribution in [0.2, 0.25) is 0 Å². The van der Waals surface area contributed by atoms with Crippen molar-refractivity contribution in [1.29, 1.82) is 0 Å². The largest absolute Gasteiger partial charge is 0.354 e. The summed E-state index contributed by atoms with van der Waals surface area (Å²) in [6.07, 6.45) is 5.67. The van der Waals surface area contributed by atoms with Crippen LogP contribution in [0.25, 0.3) is 5.69 Å². The van der Waals surface area contributed by atoms with Crippen molar-refractivity contribution in [3.63, 3.8) is 0 Å². The van der Waals surface area contributed by atoms with E-state index in [1.165, 1.54) is 0 Å². The average molecular weight is 299 g/mol. The van der Waals surface area contributed by atoms with Gasteiger partial charge in [-0.2, -0.15) is 0 Å². The Bertz CT molecular complexity index is 668. The van der Waals surface area contributed by atoms with Crippen LogP contribution >= 0.6 is 0 Å². The highest BCUT2D eigenvalue weighted by atomic mass is 16.2. The Morgan fingerprint density at radius 3 is 2.91 bits per heavy atom. The van der Waals surface area contributed by atoms with Gasteiger partial charge in [-0.25, -0.2) is 0 Å². The second kappa shape index (κ2) is 6.38. The van der Waals surface area contributed by atoms with E-state index in [1.807, 2.05) is 6.07 Å². The summed E-state index contributed by atoms with van der Waals surface area (Å²) in [6, 6.07) is 6.65. The molecule has 1 saturated heterocycles. The molecule has 0 spiro atoms. The first-order valence-electron chi connectivity index (χ1n) is 7.28. The Kier molecular flexibility index (Phi) is 4.13. The van der Waals surface area contributed by atoms with Crippen molar-refractivity contribution in [3.8, 4) is 5.69 Å². The maximum Gasteiger partial charge on any atom is 0.252 e. The molecule has 1 fully saturated rings. The Morgan fingerprint density at radius 1 is 1.27 bits per heavy atom. The summed E-state index contributed by atoms with van der Waals surface area (Å²) in [7, 11) is 0. The lowest BCUT2D eigenvalue weighted by Crippen LogP contribution is -2.45. The average Bonchev–Trinajstić information content (AvgIpc) is 3.00. The Balaban J connectivity index is 1.74. The van der Waals surface area contributed by atoms with Crippen molar-refractivity contribution in [1.82, 2.24) is 25.4 Å². The predicted molar refractivity (Wildman–Crippen MR) is 79.5 cm³/mol. The van der Waals surface area contributed by atoms with Gasteiger partial charge >= 0.3 is 0 Å². The summed E-state index contributed by atoms with van der Waals surface area (Å²) >= 11 is 0. The topological polar surface area (TPSA) is 88.9 Å². The highest BCUT2D eigenvalue weighted by Gasteiger charge is 2.22. The molecule has 1 aliphatic heterocycles. The minimum atomic E-state index is -0.464. The van der Waals surface area contributed by atoms with Gasteiger partial charge < -0.3 is 10.6 Å². The van der Waals surface area contributed by atoms with Gasteiger partial charge in [-0.15, -0.1) is 10.2 Å². The van der Waals surface area contributed by atoms with Gasteiger partial charge in [0.2, 0.25) is 5.91 Å². The number of nitrogens with zero attached hydrogens (tertiary/aromatic N) is 3. The molecular formula is C15H17N5O2. The highest BCUT2D eigenvalue weighted by molar-refractivity contribution is 5.98.